The summed E-state index contributed by atoms with van der Waals surface area (Å²) in [6.45, 7) is 0. The summed E-state index contributed by atoms with van der Waals surface area (Å²) in [7, 11) is 1.61. The highest BCUT2D eigenvalue weighted by atomic mass is 32.1. The van der Waals surface area contributed by atoms with Crippen molar-refractivity contribution >= 4 is 23.1 Å². The highest BCUT2D eigenvalue weighted by Gasteiger charge is 2.39. The van der Waals surface area contributed by atoms with Crippen LogP contribution in [0.3, 0.4) is 0 Å². The van der Waals surface area contributed by atoms with Crippen molar-refractivity contribution in [2.24, 2.45) is 11.1 Å². The van der Waals surface area contributed by atoms with Crippen molar-refractivity contribution in [3.05, 3.63) is 75.5 Å². The summed E-state index contributed by atoms with van der Waals surface area (Å²) in [6.07, 6.45) is 8.82. The van der Waals surface area contributed by atoms with Crippen LogP contribution in [-0.4, -0.2) is 28.0 Å². The summed E-state index contributed by atoms with van der Waals surface area (Å²) in [6, 6.07) is 10.6. The molecule has 1 N–H and O–H groups in total. The van der Waals surface area contributed by atoms with Gasteiger partial charge in [0, 0.05) is 29.0 Å². The minimum absolute atomic E-state index is 0.285. The number of hydrogen-bond donors (Lipinski definition) is 1. The van der Waals surface area contributed by atoms with Crippen LogP contribution in [0.15, 0.2) is 52.5 Å². The highest BCUT2D eigenvalue weighted by molar-refractivity contribution is 7.07. The number of hydrogen-bond acceptors (Lipinski definition) is 5. The molecule has 2 aliphatic rings. The summed E-state index contributed by atoms with van der Waals surface area (Å²) >= 11 is 1.63. The molecule has 0 aliphatic heterocycles. The standard InChI is InChI=1S/C22H22N4OS/c1-27-26-20(15-6-5-7-15)21-17-10-11-22(12-18(17)24-25-21,19-13-28-14-23-19)16-8-3-2-4-9-16/h2-4,8-11,13-15H,5-7,12H2,1H3,(H,24,25). The van der Waals surface area contributed by atoms with Gasteiger partial charge in [0.05, 0.1) is 16.6 Å². The molecule has 0 spiro atoms. The number of fused-ring (bicyclic) bond motifs is 1. The van der Waals surface area contributed by atoms with E-state index in [9.17, 15) is 0 Å². The molecular weight excluding hydrogens is 368 g/mol. The largest absolute Gasteiger partial charge is 0.399 e. The first kappa shape index (κ1) is 17.4. The lowest BCUT2D eigenvalue weighted by Crippen LogP contribution is -2.31. The van der Waals surface area contributed by atoms with Gasteiger partial charge in [-0.15, -0.1) is 11.3 Å². The van der Waals surface area contributed by atoms with E-state index in [1.165, 1.54) is 12.0 Å². The van der Waals surface area contributed by atoms with Crippen LogP contribution < -0.4 is 0 Å². The van der Waals surface area contributed by atoms with E-state index in [1.54, 1.807) is 18.4 Å². The molecule has 1 unspecified atom stereocenters. The van der Waals surface area contributed by atoms with Crippen molar-refractivity contribution in [2.75, 3.05) is 7.11 Å². The Hall–Kier alpha value is -2.73. The van der Waals surface area contributed by atoms with Crippen LogP contribution in [0.5, 0.6) is 0 Å². The third-order valence-corrected chi connectivity index (χ3v) is 6.56. The molecule has 3 aromatic rings. The number of thiazole rings is 1. The Bertz CT molecular complexity index is 1020. The maximum absolute atomic E-state index is 5.15. The van der Waals surface area contributed by atoms with E-state index in [0.29, 0.717) is 5.92 Å². The second-order valence-corrected chi connectivity index (χ2v) is 8.19. The molecule has 142 valence electrons. The van der Waals surface area contributed by atoms with Crippen LogP contribution in [0, 0.1) is 5.92 Å². The summed E-state index contributed by atoms with van der Waals surface area (Å²) in [4.78, 5) is 9.82. The summed E-state index contributed by atoms with van der Waals surface area (Å²) in [5.41, 5.74) is 8.08. The quantitative estimate of drug-likeness (QED) is 0.513. The van der Waals surface area contributed by atoms with E-state index in [4.69, 9.17) is 4.84 Å². The monoisotopic (exact) mass is 390 g/mol. The smallest absolute Gasteiger partial charge is 0.117 e. The predicted molar refractivity (Wildman–Crippen MR) is 112 cm³/mol. The lowest BCUT2D eigenvalue weighted by Gasteiger charge is -2.32. The second-order valence-electron chi connectivity index (χ2n) is 7.47. The minimum atomic E-state index is -0.285. The van der Waals surface area contributed by atoms with Crippen molar-refractivity contribution in [1.82, 2.24) is 15.2 Å². The molecule has 0 radical (unpaired) electrons. The zero-order valence-corrected chi connectivity index (χ0v) is 16.6. The van der Waals surface area contributed by atoms with Gasteiger partial charge >= 0.3 is 0 Å². The predicted octanol–water partition coefficient (Wildman–Crippen LogP) is 4.57. The maximum Gasteiger partial charge on any atom is 0.117 e. The molecule has 1 saturated carbocycles. The molecule has 0 amide bonds. The minimum Gasteiger partial charge on any atom is -0.399 e. The van der Waals surface area contributed by atoms with Crippen LogP contribution in [-0.2, 0) is 16.7 Å². The Labute approximate surface area is 168 Å². The van der Waals surface area contributed by atoms with Gasteiger partial charge in [-0.25, -0.2) is 4.98 Å². The summed E-state index contributed by atoms with van der Waals surface area (Å²) in [5.74, 6) is 0.445. The van der Waals surface area contributed by atoms with E-state index >= 15 is 0 Å². The molecule has 2 aromatic heterocycles. The molecule has 5 nitrogen and oxygen atoms in total. The van der Waals surface area contributed by atoms with Gasteiger partial charge in [0.1, 0.15) is 18.5 Å². The topological polar surface area (TPSA) is 63.2 Å². The van der Waals surface area contributed by atoms with Crippen LogP contribution in [0.4, 0.5) is 0 Å². The van der Waals surface area contributed by atoms with Gasteiger partial charge < -0.3 is 4.84 Å². The first-order chi connectivity index (χ1) is 13.8. The molecular formula is C22H22N4OS. The molecule has 0 saturated heterocycles. The Kier molecular flexibility index (Phi) is 4.36. The first-order valence-corrected chi connectivity index (χ1v) is 10.6. The second kappa shape index (κ2) is 7.02. The number of allylic oxidation sites excluding steroid dienone is 1. The van der Waals surface area contributed by atoms with Crippen molar-refractivity contribution in [3.63, 3.8) is 0 Å². The molecule has 1 aromatic carbocycles. The first-order valence-electron chi connectivity index (χ1n) is 9.64. The number of nitrogens with zero attached hydrogens (tertiary/aromatic N) is 3. The average molecular weight is 391 g/mol. The van der Waals surface area contributed by atoms with Crippen LogP contribution in [0.2, 0.25) is 0 Å². The van der Waals surface area contributed by atoms with Crippen LogP contribution >= 0.6 is 11.3 Å². The highest BCUT2D eigenvalue weighted by Crippen LogP contribution is 2.42. The SMILES string of the molecule is CON=C(c1n[nH]c2c1C=CC(c1ccccc1)(c1cscn1)C2)C1CCC1. The molecule has 0 bridgehead atoms. The number of benzene rings is 1. The van der Waals surface area contributed by atoms with E-state index < -0.39 is 0 Å². The summed E-state index contributed by atoms with van der Waals surface area (Å²) in [5, 5.41) is 14.4. The maximum atomic E-state index is 5.15. The fourth-order valence-corrected chi connectivity index (χ4v) is 4.88. The van der Waals surface area contributed by atoms with Crippen molar-refractivity contribution < 1.29 is 4.84 Å². The van der Waals surface area contributed by atoms with Gasteiger partial charge in [-0.05, 0) is 18.4 Å². The molecule has 2 heterocycles. The van der Waals surface area contributed by atoms with Gasteiger partial charge in [-0.2, -0.15) is 5.10 Å². The number of rotatable bonds is 5. The van der Waals surface area contributed by atoms with Gasteiger partial charge in [-0.3, -0.25) is 5.10 Å². The van der Waals surface area contributed by atoms with E-state index in [2.05, 4.69) is 68.2 Å². The number of nitrogens with one attached hydrogen (secondary N) is 1. The number of H-pyrrole nitrogens is 1. The Morgan fingerprint density at radius 3 is 2.82 bits per heavy atom. The van der Waals surface area contributed by atoms with E-state index in [0.717, 1.165) is 47.6 Å². The molecule has 2 aliphatic carbocycles. The van der Waals surface area contributed by atoms with Crippen LogP contribution in [0.1, 0.15) is 47.5 Å². The fourth-order valence-electron chi connectivity index (χ4n) is 4.24. The number of aromatic nitrogens is 3. The van der Waals surface area contributed by atoms with Crippen molar-refractivity contribution in [1.29, 1.82) is 0 Å². The van der Waals surface area contributed by atoms with Gasteiger partial charge in [0.15, 0.2) is 0 Å². The van der Waals surface area contributed by atoms with Gasteiger partial charge in [-0.1, -0.05) is 54.1 Å². The summed E-state index contributed by atoms with van der Waals surface area (Å²) < 4.78 is 0. The zero-order chi connectivity index (χ0) is 19.0. The Morgan fingerprint density at radius 2 is 2.14 bits per heavy atom. The lowest BCUT2D eigenvalue weighted by molar-refractivity contribution is 0.208. The number of oxime groups is 1. The van der Waals surface area contributed by atoms with Crippen molar-refractivity contribution in [3.8, 4) is 0 Å². The third kappa shape index (κ3) is 2.71. The third-order valence-electron chi connectivity index (χ3n) is 5.98. The Balaban J connectivity index is 1.59. The molecule has 1 fully saturated rings. The normalized spacial score (nSPS) is 22.0. The Morgan fingerprint density at radius 1 is 1.29 bits per heavy atom. The number of aromatic amines is 1. The molecule has 5 rings (SSSR count). The zero-order valence-electron chi connectivity index (χ0n) is 15.8. The lowest BCUT2D eigenvalue weighted by atomic mass is 9.70. The van der Waals surface area contributed by atoms with Crippen molar-refractivity contribution in [2.45, 2.75) is 31.1 Å². The average Bonchev–Trinajstić information content (AvgIpc) is 3.36. The molecule has 1 atom stereocenters. The fraction of sp³-hybridized carbons (Fsp3) is 0.318. The van der Waals surface area contributed by atoms with E-state index in [-0.39, 0.29) is 5.41 Å². The molecule has 28 heavy (non-hydrogen) atoms. The molecule has 6 heteroatoms. The van der Waals surface area contributed by atoms with Gasteiger partial charge in [0.2, 0.25) is 0 Å². The van der Waals surface area contributed by atoms with E-state index in [1.807, 2.05) is 5.51 Å². The van der Waals surface area contributed by atoms with Gasteiger partial charge in [0.25, 0.3) is 0 Å². The van der Waals surface area contributed by atoms with Crippen LogP contribution in [0.25, 0.3) is 6.08 Å².